The molecule has 2 rings (SSSR count). The van der Waals surface area contributed by atoms with E-state index in [0.29, 0.717) is 17.4 Å². The number of aryl methyl sites for hydroxylation is 1. The molecule has 1 fully saturated rings. The van der Waals surface area contributed by atoms with Crippen LogP contribution in [0.25, 0.3) is 6.08 Å². The summed E-state index contributed by atoms with van der Waals surface area (Å²) in [5.41, 5.74) is 2.85. The van der Waals surface area contributed by atoms with Crippen LogP contribution in [0.5, 0.6) is 0 Å². The number of thiocarbonyl (C=S) groups is 1. The van der Waals surface area contributed by atoms with E-state index < -0.39 is 0 Å². The van der Waals surface area contributed by atoms with Gasteiger partial charge in [0.1, 0.15) is 5.70 Å². The summed E-state index contributed by atoms with van der Waals surface area (Å²) in [5.74, 6) is -0.0357. The van der Waals surface area contributed by atoms with Crippen LogP contribution in [-0.4, -0.2) is 22.5 Å². The number of benzene rings is 1. The predicted molar refractivity (Wildman–Crippen MR) is 81.5 cm³/mol. The number of rotatable bonds is 4. The molecule has 19 heavy (non-hydrogen) atoms. The van der Waals surface area contributed by atoms with Crippen LogP contribution >= 0.6 is 12.2 Å². The smallest absolute Gasteiger partial charge is 0.276 e. The van der Waals surface area contributed by atoms with Crippen LogP contribution in [0.3, 0.4) is 0 Å². The van der Waals surface area contributed by atoms with Gasteiger partial charge in [-0.05, 0) is 42.3 Å². The zero-order valence-electron chi connectivity index (χ0n) is 11.3. The second kappa shape index (κ2) is 5.97. The van der Waals surface area contributed by atoms with E-state index >= 15 is 0 Å². The minimum Gasteiger partial charge on any atom is -0.328 e. The first-order valence-electron chi connectivity index (χ1n) is 6.59. The Bertz CT molecular complexity index is 519. The third-order valence-electron chi connectivity index (χ3n) is 3.11. The largest absolute Gasteiger partial charge is 0.328 e. The molecule has 0 saturated carbocycles. The Hall–Kier alpha value is -1.68. The molecular formula is C15H18N2OS. The Kier molecular flexibility index (Phi) is 4.32. The molecule has 0 unspecified atom stereocenters. The Balaban J connectivity index is 2.19. The summed E-state index contributed by atoms with van der Waals surface area (Å²) < 4.78 is 0. The summed E-state index contributed by atoms with van der Waals surface area (Å²) in [6, 6.07) is 8.19. The monoisotopic (exact) mass is 274 g/mol. The van der Waals surface area contributed by atoms with E-state index in [-0.39, 0.29) is 5.91 Å². The van der Waals surface area contributed by atoms with Crippen molar-refractivity contribution in [1.82, 2.24) is 10.2 Å². The van der Waals surface area contributed by atoms with Crippen LogP contribution < -0.4 is 5.32 Å². The molecule has 0 bridgehead atoms. The first-order valence-corrected chi connectivity index (χ1v) is 7.00. The summed E-state index contributed by atoms with van der Waals surface area (Å²) in [7, 11) is 0. The van der Waals surface area contributed by atoms with Gasteiger partial charge in [0, 0.05) is 6.54 Å². The van der Waals surface area contributed by atoms with Gasteiger partial charge in [-0.3, -0.25) is 9.69 Å². The van der Waals surface area contributed by atoms with Crippen molar-refractivity contribution in [2.45, 2.75) is 26.7 Å². The molecule has 1 amide bonds. The molecule has 3 nitrogen and oxygen atoms in total. The van der Waals surface area contributed by atoms with E-state index in [1.165, 1.54) is 5.56 Å². The van der Waals surface area contributed by atoms with Gasteiger partial charge in [0.2, 0.25) is 0 Å². The average molecular weight is 274 g/mol. The topological polar surface area (TPSA) is 32.3 Å². The zero-order valence-corrected chi connectivity index (χ0v) is 12.1. The lowest BCUT2D eigenvalue weighted by molar-refractivity contribution is -0.122. The fourth-order valence-corrected chi connectivity index (χ4v) is 2.30. The second-order valence-electron chi connectivity index (χ2n) is 4.54. The van der Waals surface area contributed by atoms with Crippen molar-refractivity contribution < 1.29 is 4.79 Å². The quantitative estimate of drug-likeness (QED) is 0.677. The number of carbonyl (C=O) groups excluding carboxylic acids is 1. The predicted octanol–water partition coefficient (Wildman–Crippen LogP) is 2.72. The Labute approximate surface area is 119 Å². The third-order valence-corrected chi connectivity index (χ3v) is 3.43. The maximum atomic E-state index is 12.1. The van der Waals surface area contributed by atoms with Crippen LogP contribution in [0.4, 0.5) is 0 Å². The average Bonchev–Trinajstić information content (AvgIpc) is 2.68. The van der Waals surface area contributed by atoms with Gasteiger partial charge in [0.25, 0.3) is 5.91 Å². The van der Waals surface area contributed by atoms with Crippen molar-refractivity contribution in [3.63, 3.8) is 0 Å². The molecule has 1 N–H and O–H groups in total. The van der Waals surface area contributed by atoms with Crippen LogP contribution in [-0.2, 0) is 11.2 Å². The highest BCUT2D eigenvalue weighted by atomic mass is 32.1. The number of carbonyl (C=O) groups is 1. The van der Waals surface area contributed by atoms with Gasteiger partial charge in [-0.15, -0.1) is 0 Å². The highest BCUT2D eigenvalue weighted by molar-refractivity contribution is 7.80. The highest BCUT2D eigenvalue weighted by Gasteiger charge is 2.29. The van der Waals surface area contributed by atoms with Crippen molar-refractivity contribution in [3.05, 3.63) is 41.1 Å². The fraction of sp³-hybridized carbons (Fsp3) is 0.333. The molecule has 1 aromatic rings. The van der Waals surface area contributed by atoms with E-state index in [0.717, 1.165) is 18.4 Å². The summed E-state index contributed by atoms with van der Waals surface area (Å²) in [6.07, 6.45) is 3.76. The molecule has 1 aliphatic heterocycles. The molecule has 0 aliphatic carbocycles. The molecule has 1 heterocycles. The first kappa shape index (κ1) is 13.7. The molecule has 4 heteroatoms. The highest BCUT2D eigenvalue weighted by Crippen LogP contribution is 2.15. The number of hydrogen-bond acceptors (Lipinski definition) is 2. The van der Waals surface area contributed by atoms with Crippen molar-refractivity contribution in [2.24, 2.45) is 0 Å². The standard InChI is InChI=1S/C15H18N2OS/c1-3-9-17-14(18)13(16-15(17)19)10-12-7-5-11(4-2)6-8-12/h5-8,10H,3-4,9H2,1-2H3,(H,16,19). The summed E-state index contributed by atoms with van der Waals surface area (Å²) in [5, 5.41) is 3.49. The molecule has 1 aromatic carbocycles. The summed E-state index contributed by atoms with van der Waals surface area (Å²) in [4.78, 5) is 13.8. The molecule has 0 spiro atoms. The molecule has 0 radical (unpaired) electrons. The van der Waals surface area contributed by atoms with Gasteiger partial charge >= 0.3 is 0 Å². The second-order valence-corrected chi connectivity index (χ2v) is 4.93. The van der Waals surface area contributed by atoms with E-state index in [1.807, 2.05) is 25.1 Å². The molecule has 0 aromatic heterocycles. The van der Waals surface area contributed by atoms with E-state index in [1.54, 1.807) is 4.90 Å². The number of nitrogens with zero attached hydrogens (tertiary/aromatic N) is 1. The van der Waals surface area contributed by atoms with Gasteiger partial charge in [-0.1, -0.05) is 38.1 Å². The minimum absolute atomic E-state index is 0.0357. The van der Waals surface area contributed by atoms with Gasteiger partial charge in [0.05, 0.1) is 0 Å². The van der Waals surface area contributed by atoms with E-state index in [9.17, 15) is 4.79 Å². The van der Waals surface area contributed by atoms with Crippen LogP contribution in [0.1, 0.15) is 31.4 Å². The first-order chi connectivity index (χ1) is 9.15. The Morgan fingerprint density at radius 2 is 1.95 bits per heavy atom. The lowest BCUT2D eigenvalue weighted by Gasteiger charge is -2.11. The van der Waals surface area contributed by atoms with Crippen molar-refractivity contribution in [3.8, 4) is 0 Å². The Morgan fingerprint density at radius 1 is 1.26 bits per heavy atom. The van der Waals surface area contributed by atoms with Crippen molar-refractivity contribution in [1.29, 1.82) is 0 Å². The minimum atomic E-state index is -0.0357. The maximum absolute atomic E-state index is 12.1. The van der Waals surface area contributed by atoms with E-state index in [4.69, 9.17) is 12.2 Å². The molecule has 0 atom stereocenters. The third kappa shape index (κ3) is 3.01. The lowest BCUT2D eigenvalue weighted by atomic mass is 10.1. The summed E-state index contributed by atoms with van der Waals surface area (Å²) in [6.45, 7) is 4.81. The van der Waals surface area contributed by atoms with Gasteiger partial charge < -0.3 is 5.32 Å². The van der Waals surface area contributed by atoms with Crippen LogP contribution in [0, 0.1) is 0 Å². The maximum Gasteiger partial charge on any atom is 0.276 e. The summed E-state index contributed by atoms with van der Waals surface area (Å²) >= 11 is 5.17. The number of hydrogen-bond donors (Lipinski definition) is 1. The Morgan fingerprint density at radius 3 is 2.53 bits per heavy atom. The van der Waals surface area contributed by atoms with Crippen molar-refractivity contribution in [2.75, 3.05) is 6.54 Å². The molecule has 100 valence electrons. The van der Waals surface area contributed by atoms with Crippen molar-refractivity contribution >= 4 is 29.3 Å². The fourth-order valence-electron chi connectivity index (χ4n) is 2.01. The van der Waals surface area contributed by atoms with E-state index in [2.05, 4.69) is 24.4 Å². The number of amides is 1. The normalized spacial score (nSPS) is 17.2. The van der Waals surface area contributed by atoms with Gasteiger partial charge in [-0.2, -0.15) is 0 Å². The van der Waals surface area contributed by atoms with Gasteiger partial charge in [0.15, 0.2) is 5.11 Å². The lowest BCUT2D eigenvalue weighted by Crippen LogP contribution is -2.31. The molecule has 1 aliphatic rings. The molecular weight excluding hydrogens is 256 g/mol. The SMILES string of the molecule is CCCN1C(=O)C(=Cc2ccc(CC)cc2)NC1=S. The molecule has 1 saturated heterocycles. The van der Waals surface area contributed by atoms with Gasteiger partial charge in [-0.25, -0.2) is 0 Å². The van der Waals surface area contributed by atoms with Crippen LogP contribution in [0.15, 0.2) is 30.0 Å². The number of nitrogens with one attached hydrogen (secondary N) is 1. The zero-order chi connectivity index (χ0) is 13.8. The van der Waals surface area contributed by atoms with Crippen LogP contribution in [0.2, 0.25) is 0 Å².